The normalized spacial score (nSPS) is 16.1. The highest BCUT2D eigenvalue weighted by Crippen LogP contribution is 3.02. The van der Waals surface area contributed by atoms with Crippen LogP contribution in [-0.2, 0) is 19.8 Å². The van der Waals surface area contributed by atoms with Crippen molar-refractivity contribution in [2.24, 2.45) is 0 Å². The molecule has 0 saturated carbocycles. The molecular weight excluding hydrogens is 352 g/mol. The smallest absolute Gasteiger partial charge is 0.335 e. The summed E-state index contributed by atoms with van der Waals surface area (Å²) in [7, 11) is -13.6. The summed E-state index contributed by atoms with van der Waals surface area (Å²) >= 11 is 0. The van der Waals surface area contributed by atoms with Crippen molar-refractivity contribution in [2.75, 3.05) is 18.9 Å². The van der Waals surface area contributed by atoms with E-state index in [9.17, 15) is 24.0 Å². The van der Waals surface area contributed by atoms with E-state index in [0.717, 1.165) is 0 Å². The Morgan fingerprint density at radius 3 is 2.00 bits per heavy atom. The highest BCUT2D eigenvalue weighted by atomic mass is 32.5. The average molecular weight is 369 g/mol. The molecule has 0 amide bonds. The minimum absolute atomic E-state index is 0.0154. The van der Waals surface area contributed by atoms with Crippen molar-refractivity contribution in [1.29, 1.82) is 0 Å². The van der Waals surface area contributed by atoms with Crippen molar-refractivity contribution in [2.45, 2.75) is 24.9 Å². The van der Waals surface area contributed by atoms with Crippen molar-refractivity contribution >= 4 is 23.5 Å². The number of rotatable bonds is 7. The predicted octanol–water partition coefficient (Wildman–Crippen LogP) is 5.69. The second-order valence-electron chi connectivity index (χ2n) is 4.43. The van der Waals surface area contributed by atoms with Crippen LogP contribution in [0.3, 0.4) is 0 Å². The maximum absolute atomic E-state index is 12.8. The van der Waals surface area contributed by atoms with Crippen molar-refractivity contribution in [3.05, 3.63) is 23.8 Å². The van der Waals surface area contributed by atoms with Gasteiger partial charge in [-0.3, -0.25) is 4.57 Å². The maximum atomic E-state index is 12.8. The SMILES string of the molecule is CCOP(=O)(Cc1cc(S(F)(F)(F)(F)F)ccc1N)OCC. The number of nitrogen functional groups attached to an aromatic ring is 1. The fourth-order valence-electron chi connectivity index (χ4n) is 1.69. The first-order valence-corrected chi connectivity index (χ1v) is 9.89. The molecule has 0 aromatic heterocycles. The third-order valence-electron chi connectivity index (χ3n) is 2.58. The largest absolute Gasteiger partial charge is 0.398 e. The predicted molar refractivity (Wildman–Crippen MR) is 76.8 cm³/mol. The molecule has 0 unspecified atom stereocenters. The molecule has 0 atom stereocenters. The van der Waals surface area contributed by atoms with E-state index in [2.05, 4.69) is 0 Å². The molecule has 0 fully saturated rings. The molecule has 2 N–H and O–H groups in total. The monoisotopic (exact) mass is 369 g/mol. The Balaban J connectivity index is 3.30. The molecule has 0 saturated heterocycles. The zero-order valence-electron chi connectivity index (χ0n) is 11.9. The molecule has 1 rings (SSSR count). The Hall–Kier alpha value is -0.830. The van der Waals surface area contributed by atoms with Gasteiger partial charge in [0.2, 0.25) is 0 Å². The minimum Gasteiger partial charge on any atom is -0.398 e. The third-order valence-corrected chi connectivity index (χ3v) is 5.75. The maximum Gasteiger partial charge on any atom is 0.335 e. The number of hydrogen-bond donors (Lipinski definition) is 1. The highest BCUT2D eigenvalue weighted by Gasteiger charge is 2.65. The Morgan fingerprint density at radius 2 is 1.59 bits per heavy atom. The summed E-state index contributed by atoms with van der Waals surface area (Å²) in [6.07, 6.45) is -0.623. The average Bonchev–Trinajstić information content (AvgIpc) is 2.29. The van der Waals surface area contributed by atoms with Gasteiger partial charge in [-0.15, -0.1) is 0 Å². The fourth-order valence-corrected chi connectivity index (χ4v) is 4.11. The topological polar surface area (TPSA) is 61.5 Å². The minimum atomic E-state index is -9.84. The lowest BCUT2D eigenvalue weighted by Crippen LogP contribution is -2.08. The molecule has 0 aliphatic heterocycles. The number of benzene rings is 1. The van der Waals surface area contributed by atoms with Crippen LogP contribution in [0, 0.1) is 0 Å². The number of halogens is 5. The van der Waals surface area contributed by atoms with Crippen molar-refractivity contribution < 1.29 is 33.0 Å². The number of nitrogens with two attached hydrogens (primary N) is 1. The van der Waals surface area contributed by atoms with Gasteiger partial charge in [-0.25, -0.2) is 0 Å². The fraction of sp³-hybridized carbons (Fsp3) is 0.455. The molecule has 0 aliphatic carbocycles. The molecule has 22 heavy (non-hydrogen) atoms. The Kier molecular flexibility index (Phi) is 4.69. The molecule has 1 aromatic carbocycles. The first-order chi connectivity index (χ1) is 9.70. The van der Waals surface area contributed by atoms with Gasteiger partial charge >= 0.3 is 17.8 Å². The van der Waals surface area contributed by atoms with Crippen LogP contribution >= 0.6 is 17.8 Å². The van der Waals surface area contributed by atoms with E-state index in [-0.39, 0.29) is 36.6 Å². The van der Waals surface area contributed by atoms with Gasteiger partial charge in [0.05, 0.1) is 19.4 Å². The van der Waals surface area contributed by atoms with Crippen LogP contribution < -0.4 is 5.73 Å². The summed E-state index contributed by atoms with van der Waals surface area (Å²) < 4.78 is 86.2. The molecular formula is C11H17F5NO3PS. The lowest BCUT2D eigenvalue weighted by molar-refractivity contribution is 0.219. The number of hydrogen-bond acceptors (Lipinski definition) is 4. The molecule has 1 aromatic rings. The molecule has 0 heterocycles. The Labute approximate surface area is 125 Å². The number of anilines is 1. The van der Waals surface area contributed by atoms with Crippen LogP contribution in [0.25, 0.3) is 0 Å². The third kappa shape index (κ3) is 5.12. The summed E-state index contributed by atoms with van der Waals surface area (Å²) in [6.45, 7) is 3.00. The highest BCUT2D eigenvalue weighted by molar-refractivity contribution is 8.45. The van der Waals surface area contributed by atoms with E-state index in [1.54, 1.807) is 0 Å². The first-order valence-electron chi connectivity index (χ1n) is 6.21. The van der Waals surface area contributed by atoms with Gasteiger partial charge < -0.3 is 14.8 Å². The first kappa shape index (κ1) is 19.2. The molecule has 0 spiro atoms. The van der Waals surface area contributed by atoms with Crippen molar-refractivity contribution in [3.63, 3.8) is 0 Å². The molecule has 0 aliphatic rings. The second-order valence-corrected chi connectivity index (χ2v) is 8.90. The lowest BCUT2D eigenvalue weighted by Gasteiger charge is -2.40. The van der Waals surface area contributed by atoms with E-state index in [4.69, 9.17) is 14.8 Å². The molecule has 0 radical (unpaired) electrons. The van der Waals surface area contributed by atoms with Crippen LogP contribution in [-0.4, -0.2) is 13.2 Å². The summed E-state index contributed by atoms with van der Waals surface area (Å²) in [6, 6.07) is 1.10. The van der Waals surface area contributed by atoms with E-state index in [1.165, 1.54) is 13.8 Å². The van der Waals surface area contributed by atoms with E-state index >= 15 is 0 Å². The van der Waals surface area contributed by atoms with Gasteiger partial charge in [0.15, 0.2) is 0 Å². The lowest BCUT2D eigenvalue weighted by atomic mass is 10.2. The molecule has 11 heteroatoms. The van der Waals surface area contributed by atoms with E-state index < -0.39 is 28.9 Å². The van der Waals surface area contributed by atoms with Gasteiger partial charge in [0.25, 0.3) is 0 Å². The van der Waals surface area contributed by atoms with Gasteiger partial charge in [0.1, 0.15) is 4.90 Å². The summed E-state index contributed by atoms with van der Waals surface area (Å²) in [4.78, 5) is -2.09. The van der Waals surface area contributed by atoms with Gasteiger partial charge in [0, 0.05) is 5.69 Å². The zero-order valence-corrected chi connectivity index (χ0v) is 13.6. The van der Waals surface area contributed by atoms with Crippen molar-refractivity contribution in [1.82, 2.24) is 0 Å². The van der Waals surface area contributed by atoms with E-state index in [1.807, 2.05) is 0 Å². The van der Waals surface area contributed by atoms with Crippen molar-refractivity contribution in [3.8, 4) is 0 Å². The van der Waals surface area contributed by atoms with Crippen LogP contribution in [0.2, 0.25) is 0 Å². The molecule has 0 bridgehead atoms. The van der Waals surface area contributed by atoms with Gasteiger partial charge in [-0.1, -0.05) is 19.4 Å². The van der Waals surface area contributed by atoms with E-state index in [0.29, 0.717) is 6.07 Å². The molecule has 130 valence electrons. The van der Waals surface area contributed by atoms with Crippen LogP contribution in [0.4, 0.5) is 25.1 Å². The second kappa shape index (κ2) is 5.36. The quantitative estimate of drug-likeness (QED) is 0.381. The molecule has 4 nitrogen and oxygen atoms in total. The van der Waals surface area contributed by atoms with Gasteiger partial charge in [-0.2, -0.15) is 0 Å². The summed E-state index contributed by atoms with van der Waals surface area (Å²) in [5.74, 6) is 0. The zero-order chi connectivity index (χ0) is 17.3. The summed E-state index contributed by atoms with van der Waals surface area (Å²) in [5.41, 5.74) is 4.92. The van der Waals surface area contributed by atoms with Gasteiger partial charge in [-0.05, 0) is 37.6 Å². The van der Waals surface area contributed by atoms with Crippen LogP contribution in [0.15, 0.2) is 23.1 Å². The standard InChI is InChI=1S/C11H17F5NO3PS/c1-3-19-21(18,20-4-2)8-9-7-10(5-6-11(9)17)22(12,13,14,15)16/h5-7H,3-4,8,17H2,1-2H3. The van der Waals surface area contributed by atoms with Crippen LogP contribution in [0.1, 0.15) is 19.4 Å². The Morgan fingerprint density at radius 1 is 1.09 bits per heavy atom. The van der Waals surface area contributed by atoms with Crippen LogP contribution in [0.5, 0.6) is 0 Å². The Bertz CT molecular complexity index is 597. The summed E-state index contributed by atoms with van der Waals surface area (Å²) in [5, 5.41) is 0.